The van der Waals surface area contributed by atoms with Crippen molar-refractivity contribution >= 4 is 14.8 Å². The van der Waals surface area contributed by atoms with Gasteiger partial charge in [-0.25, -0.2) is 0 Å². The molecule has 2 aliphatic rings. The van der Waals surface area contributed by atoms with Crippen molar-refractivity contribution < 1.29 is 0 Å². The van der Waals surface area contributed by atoms with Crippen LogP contribution in [-0.4, -0.2) is 11.0 Å². The van der Waals surface area contributed by atoms with Gasteiger partial charge in [0.2, 0.25) is 0 Å². The molecule has 2 fully saturated rings. The monoisotopic (exact) mass is 577 g/mol. The van der Waals surface area contributed by atoms with E-state index in [-0.39, 0.29) is 0 Å². The van der Waals surface area contributed by atoms with Crippen LogP contribution < -0.4 is 0 Å². The third-order valence-corrected chi connectivity index (χ3v) is 20.6. The lowest BCUT2D eigenvalue weighted by molar-refractivity contribution is 0.603. The zero-order valence-electron chi connectivity index (χ0n) is 24.6. The quantitative estimate of drug-likeness (QED) is 0.141. The van der Waals surface area contributed by atoms with Gasteiger partial charge in [-0.3, -0.25) is 0 Å². The predicted octanol–water partition coefficient (Wildman–Crippen LogP) is 12.1. The Hall–Kier alpha value is -2.30. The molecule has 0 unspecified atom stereocenters. The highest BCUT2D eigenvalue weighted by atomic mass is 31.2. The highest BCUT2D eigenvalue weighted by Crippen LogP contribution is 2.98. The van der Waals surface area contributed by atoms with Crippen LogP contribution in [0.15, 0.2) is 121 Å². The van der Waals surface area contributed by atoms with Gasteiger partial charge in [-0.15, -0.1) is 4.44 Å². The van der Waals surface area contributed by atoms with E-state index in [9.17, 15) is 0 Å². The molecule has 4 atom stereocenters. The van der Waals surface area contributed by atoms with E-state index in [0.29, 0.717) is 22.6 Å². The molecule has 0 spiro atoms. The van der Waals surface area contributed by atoms with Crippen LogP contribution in [-0.2, 0) is 0 Å². The first kappa shape index (κ1) is 28.8. The Balaban J connectivity index is 1.57. The second-order valence-corrected chi connectivity index (χ2v) is 19.4. The molecule has 0 radical (unpaired) electrons. The first-order valence-corrected chi connectivity index (χ1v) is 19.6. The molecule has 212 valence electrons. The summed E-state index contributed by atoms with van der Waals surface area (Å²) in [6.07, 6.45) is 7.20. The number of hydrogen-bond acceptors (Lipinski definition) is 1. The number of unbranched alkanes of at least 4 members (excludes halogenated alkanes) is 1. The Kier molecular flexibility index (Phi) is 8.79. The van der Waals surface area contributed by atoms with Crippen molar-refractivity contribution in [3.63, 3.8) is 0 Å². The molecule has 0 amide bonds. The summed E-state index contributed by atoms with van der Waals surface area (Å²) in [6, 6.07) is 45.5. The fourth-order valence-electron chi connectivity index (χ4n) is 7.99. The second-order valence-electron chi connectivity index (χ2n) is 12.1. The van der Waals surface area contributed by atoms with Gasteiger partial charge in [0.15, 0.2) is 0 Å². The lowest BCUT2D eigenvalue weighted by Crippen LogP contribution is -2.30. The van der Waals surface area contributed by atoms with Crippen LogP contribution in [0, 0.1) is 13.3 Å². The van der Waals surface area contributed by atoms with Gasteiger partial charge in [0.05, 0.1) is 29.2 Å². The average Bonchev–Trinajstić information content (AvgIpc) is 3.56. The van der Waals surface area contributed by atoms with E-state index in [2.05, 4.69) is 133 Å². The summed E-state index contributed by atoms with van der Waals surface area (Å²) >= 11 is 0. The Morgan fingerprint density at radius 1 is 0.512 bits per heavy atom. The zero-order valence-corrected chi connectivity index (χ0v) is 26.4. The first-order valence-electron chi connectivity index (χ1n) is 15.5. The maximum Gasteiger partial charge on any atom is 0.0876 e. The SMILES string of the molecule is [CH2-][P+]1(N(CCCC)[P+]2([CH2-])[C@H](c3ccccc3)CC[C@H]2c2ccccc2)[C@H](c2ccccc2)CC[C@H]1c1ccccc1. The first-order chi connectivity index (χ1) is 20.1. The van der Waals surface area contributed by atoms with Crippen LogP contribution in [0.2, 0.25) is 0 Å². The molecule has 2 aliphatic heterocycles. The van der Waals surface area contributed by atoms with Gasteiger partial charge < -0.3 is 0 Å². The third kappa shape index (κ3) is 5.25. The topological polar surface area (TPSA) is 3.24 Å². The number of hydrogen-bond donors (Lipinski definition) is 0. The van der Waals surface area contributed by atoms with Crippen molar-refractivity contribution in [2.75, 3.05) is 6.54 Å². The molecule has 2 saturated heterocycles. The largest absolute Gasteiger partial charge is 0.158 e. The molecule has 0 aromatic heterocycles. The van der Waals surface area contributed by atoms with Crippen molar-refractivity contribution in [3.8, 4) is 0 Å². The maximum atomic E-state index is 5.51. The Morgan fingerprint density at radius 2 is 0.780 bits per heavy atom. The van der Waals surface area contributed by atoms with Gasteiger partial charge in [-0.05, 0) is 69.2 Å². The normalized spacial score (nSPS) is 25.0. The zero-order chi connectivity index (χ0) is 28.3. The van der Waals surface area contributed by atoms with Gasteiger partial charge in [-0.1, -0.05) is 135 Å². The summed E-state index contributed by atoms with van der Waals surface area (Å²) < 4.78 is 3.09. The van der Waals surface area contributed by atoms with Crippen LogP contribution >= 0.6 is 14.8 Å². The summed E-state index contributed by atoms with van der Waals surface area (Å²) in [5.41, 5.74) is 7.80. The number of nitrogens with zero attached hydrogens (tertiary/aromatic N) is 1. The van der Waals surface area contributed by atoms with Crippen LogP contribution in [0.1, 0.15) is 90.3 Å². The van der Waals surface area contributed by atoms with Crippen molar-refractivity contribution in [2.24, 2.45) is 0 Å². The lowest BCUT2D eigenvalue weighted by atomic mass is 10.0. The van der Waals surface area contributed by atoms with E-state index in [1.165, 1.54) is 60.8 Å². The van der Waals surface area contributed by atoms with Gasteiger partial charge >= 0.3 is 0 Å². The van der Waals surface area contributed by atoms with Crippen LogP contribution in [0.25, 0.3) is 0 Å². The van der Waals surface area contributed by atoms with Crippen molar-refractivity contribution in [2.45, 2.75) is 68.1 Å². The maximum absolute atomic E-state index is 5.51. The molecule has 0 N–H and O–H groups in total. The second kappa shape index (κ2) is 12.5. The van der Waals surface area contributed by atoms with Gasteiger partial charge in [0.1, 0.15) is 0 Å². The van der Waals surface area contributed by atoms with E-state index in [1.807, 2.05) is 0 Å². The standard InChI is InChI=1S/C38H45NP2/c1-4-5-30-39(40(2)35(31-18-10-6-11-19-31)26-27-36(40)32-20-12-7-13-21-32)41(3)37(33-22-14-8-15-23-33)28-29-38(41)34-24-16-9-17-25-34/h6-25,35-38H,2-5,26-30H2,1H3/t35-,36-,37-,38-/m0/s1. The molecular weight excluding hydrogens is 532 g/mol. The Morgan fingerprint density at radius 3 is 1.02 bits per heavy atom. The molecule has 0 bridgehead atoms. The highest BCUT2D eigenvalue weighted by molar-refractivity contribution is 7.90. The summed E-state index contributed by atoms with van der Waals surface area (Å²) in [5, 5.41) is 0. The predicted molar refractivity (Wildman–Crippen MR) is 181 cm³/mol. The Bertz CT molecular complexity index is 1180. The minimum atomic E-state index is -1.98. The molecule has 2 heterocycles. The Labute approximate surface area is 250 Å². The molecule has 1 nitrogen and oxygen atoms in total. The van der Waals surface area contributed by atoms with E-state index in [4.69, 9.17) is 13.3 Å². The van der Waals surface area contributed by atoms with E-state index >= 15 is 0 Å². The minimum absolute atomic E-state index is 0.470. The summed E-state index contributed by atoms with van der Waals surface area (Å²) in [6.45, 7) is 14.5. The summed E-state index contributed by atoms with van der Waals surface area (Å²) in [7, 11) is -3.97. The van der Waals surface area contributed by atoms with Crippen molar-refractivity contribution in [1.29, 1.82) is 0 Å². The number of rotatable bonds is 9. The van der Waals surface area contributed by atoms with Gasteiger partial charge in [-0.2, -0.15) is 13.3 Å². The summed E-state index contributed by atoms with van der Waals surface area (Å²) in [5.74, 6) is 0. The smallest absolute Gasteiger partial charge is 0.0876 e. The molecule has 41 heavy (non-hydrogen) atoms. The fourth-order valence-corrected chi connectivity index (χ4v) is 20.3. The molecule has 3 heteroatoms. The van der Waals surface area contributed by atoms with Gasteiger partial charge in [0, 0.05) is 0 Å². The minimum Gasteiger partial charge on any atom is -0.158 e. The van der Waals surface area contributed by atoms with Crippen LogP contribution in [0.5, 0.6) is 0 Å². The van der Waals surface area contributed by atoms with Crippen molar-refractivity contribution in [1.82, 2.24) is 4.44 Å². The highest BCUT2D eigenvalue weighted by Gasteiger charge is 2.64. The van der Waals surface area contributed by atoms with E-state index < -0.39 is 14.8 Å². The summed E-state index contributed by atoms with van der Waals surface area (Å²) in [4.78, 5) is 0. The molecule has 0 saturated carbocycles. The van der Waals surface area contributed by atoms with Crippen molar-refractivity contribution in [3.05, 3.63) is 157 Å². The van der Waals surface area contributed by atoms with E-state index in [1.54, 1.807) is 0 Å². The molecule has 4 aromatic rings. The molecule has 6 rings (SSSR count). The molecule has 0 aliphatic carbocycles. The average molecular weight is 578 g/mol. The lowest BCUT2D eigenvalue weighted by Gasteiger charge is -2.54. The molecular formula is C38H45NP2. The van der Waals surface area contributed by atoms with Gasteiger partial charge in [0.25, 0.3) is 0 Å². The van der Waals surface area contributed by atoms with E-state index in [0.717, 1.165) is 6.54 Å². The van der Waals surface area contributed by atoms with Crippen LogP contribution in [0.3, 0.4) is 0 Å². The molecule has 4 aromatic carbocycles. The number of benzene rings is 4. The fraction of sp³-hybridized carbons (Fsp3) is 0.316. The van der Waals surface area contributed by atoms with Crippen LogP contribution in [0.4, 0.5) is 0 Å². The third-order valence-electron chi connectivity index (χ3n) is 9.89.